The standard InChI is InChI=1S/C15H32N2O3/c1-13(2)20-9-8-19-12-15(18)11-16-10-14-6-4-5-7-17(14)3/h13-16,18H,4-12H2,1-3H3. The maximum absolute atomic E-state index is 9.81. The van der Waals surface area contributed by atoms with Crippen LogP contribution < -0.4 is 5.32 Å². The van der Waals surface area contributed by atoms with Crippen LogP contribution in [0.15, 0.2) is 0 Å². The first-order valence-electron chi connectivity index (χ1n) is 7.88. The number of likely N-dealkylation sites (N-methyl/N-ethyl adjacent to an activating group) is 1. The first-order valence-corrected chi connectivity index (χ1v) is 7.88. The number of nitrogens with zero attached hydrogens (tertiary/aromatic N) is 1. The number of piperidine rings is 1. The van der Waals surface area contributed by atoms with Gasteiger partial charge in [-0.05, 0) is 40.3 Å². The molecule has 1 aliphatic heterocycles. The van der Waals surface area contributed by atoms with Gasteiger partial charge in [0, 0.05) is 19.1 Å². The molecular weight excluding hydrogens is 256 g/mol. The van der Waals surface area contributed by atoms with Crippen molar-refractivity contribution in [2.45, 2.75) is 51.4 Å². The van der Waals surface area contributed by atoms with Crippen LogP contribution in [0.25, 0.3) is 0 Å². The van der Waals surface area contributed by atoms with Gasteiger partial charge in [0.25, 0.3) is 0 Å². The lowest BCUT2D eigenvalue weighted by Crippen LogP contribution is -2.45. The van der Waals surface area contributed by atoms with Gasteiger partial charge in [-0.25, -0.2) is 0 Å². The lowest BCUT2D eigenvalue weighted by molar-refractivity contribution is -0.0103. The molecule has 2 N–H and O–H groups in total. The fourth-order valence-electron chi connectivity index (χ4n) is 2.44. The highest BCUT2D eigenvalue weighted by Crippen LogP contribution is 2.13. The Morgan fingerprint density at radius 1 is 1.30 bits per heavy atom. The predicted molar refractivity (Wildman–Crippen MR) is 81.1 cm³/mol. The Morgan fingerprint density at radius 2 is 2.10 bits per heavy atom. The second-order valence-electron chi connectivity index (χ2n) is 5.94. The minimum absolute atomic E-state index is 0.234. The second kappa shape index (κ2) is 10.5. The van der Waals surface area contributed by atoms with Crippen molar-refractivity contribution >= 4 is 0 Å². The highest BCUT2D eigenvalue weighted by atomic mass is 16.5. The number of ether oxygens (including phenoxy) is 2. The van der Waals surface area contributed by atoms with E-state index >= 15 is 0 Å². The van der Waals surface area contributed by atoms with Crippen molar-refractivity contribution in [3.63, 3.8) is 0 Å². The molecule has 20 heavy (non-hydrogen) atoms. The third kappa shape index (κ3) is 8.17. The van der Waals surface area contributed by atoms with Gasteiger partial charge in [0.15, 0.2) is 0 Å². The van der Waals surface area contributed by atoms with E-state index in [-0.39, 0.29) is 6.10 Å². The van der Waals surface area contributed by atoms with Gasteiger partial charge in [-0.15, -0.1) is 0 Å². The molecule has 0 aromatic heterocycles. The van der Waals surface area contributed by atoms with Crippen LogP contribution in [0.4, 0.5) is 0 Å². The van der Waals surface area contributed by atoms with Crippen molar-refractivity contribution in [3.8, 4) is 0 Å². The number of hydrogen-bond acceptors (Lipinski definition) is 5. The first kappa shape index (κ1) is 17.9. The Bertz CT molecular complexity index is 239. The summed E-state index contributed by atoms with van der Waals surface area (Å²) < 4.78 is 10.8. The zero-order valence-electron chi connectivity index (χ0n) is 13.3. The van der Waals surface area contributed by atoms with Gasteiger partial charge < -0.3 is 24.8 Å². The molecule has 0 amide bonds. The molecule has 1 saturated heterocycles. The van der Waals surface area contributed by atoms with Crippen molar-refractivity contribution in [2.24, 2.45) is 0 Å². The average Bonchev–Trinajstić information content (AvgIpc) is 2.40. The van der Waals surface area contributed by atoms with E-state index in [0.29, 0.717) is 32.4 Å². The molecule has 1 fully saturated rings. The molecule has 0 bridgehead atoms. The Hall–Kier alpha value is -0.200. The molecule has 0 saturated carbocycles. The molecule has 0 spiro atoms. The van der Waals surface area contributed by atoms with Gasteiger partial charge >= 0.3 is 0 Å². The summed E-state index contributed by atoms with van der Waals surface area (Å²) in [5.41, 5.74) is 0. The van der Waals surface area contributed by atoms with Gasteiger partial charge in [-0.2, -0.15) is 0 Å². The Balaban J connectivity index is 1.95. The molecule has 0 aromatic rings. The topological polar surface area (TPSA) is 54.0 Å². The molecular formula is C15H32N2O3. The zero-order valence-corrected chi connectivity index (χ0v) is 13.3. The molecule has 5 nitrogen and oxygen atoms in total. The number of aliphatic hydroxyl groups is 1. The fraction of sp³-hybridized carbons (Fsp3) is 1.00. The van der Waals surface area contributed by atoms with Crippen LogP contribution in [-0.2, 0) is 9.47 Å². The number of rotatable bonds is 10. The van der Waals surface area contributed by atoms with Gasteiger partial charge in [-0.1, -0.05) is 6.42 Å². The van der Waals surface area contributed by atoms with Crippen LogP contribution >= 0.6 is 0 Å². The molecule has 0 radical (unpaired) electrons. The molecule has 2 unspecified atom stereocenters. The summed E-state index contributed by atoms with van der Waals surface area (Å²) in [7, 11) is 2.18. The molecule has 2 atom stereocenters. The normalized spacial score (nSPS) is 22.4. The van der Waals surface area contributed by atoms with Crippen LogP contribution in [0.3, 0.4) is 0 Å². The number of nitrogens with one attached hydrogen (secondary N) is 1. The van der Waals surface area contributed by atoms with Crippen LogP contribution in [0, 0.1) is 0 Å². The summed E-state index contributed by atoms with van der Waals surface area (Å²) in [5, 5.41) is 13.2. The highest BCUT2D eigenvalue weighted by Gasteiger charge is 2.18. The van der Waals surface area contributed by atoms with E-state index in [9.17, 15) is 5.11 Å². The molecule has 1 heterocycles. The lowest BCUT2D eigenvalue weighted by Gasteiger charge is -2.32. The van der Waals surface area contributed by atoms with E-state index in [2.05, 4.69) is 17.3 Å². The molecule has 5 heteroatoms. The van der Waals surface area contributed by atoms with Gasteiger partial charge in [0.2, 0.25) is 0 Å². The van der Waals surface area contributed by atoms with Crippen LogP contribution in [0.2, 0.25) is 0 Å². The first-order chi connectivity index (χ1) is 9.59. The van der Waals surface area contributed by atoms with Gasteiger partial charge in [0.1, 0.15) is 0 Å². The van der Waals surface area contributed by atoms with E-state index in [1.165, 1.54) is 25.8 Å². The van der Waals surface area contributed by atoms with E-state index in [0.717, 1.165) is 6.54 Å². The van der Waals surface area contributed by atoms with Crippen LogP contribution in [0.1, 0.15) is 33.1 Å². The molecule has 1 aliphatic rings. The lowest BCUT2D eigenvalue weighted by atomic mass is 10.0. The number of aliphatic hydroxyl groups excluding tert-OH is 1. The molecule has 120 valence electrons. The Labute approximate surface area is 123 Å². The van der Waals surface area contributed by atoms with Crippen molar-refractivity contribution in [1.29, 1.82) is 0 Å². The van der Waals surface area contributed by atoms with Gasteiger partial charge in [0.05, 0.1) is 32.0 Å². The van der Waals surface area contributed by atoms with E-state index < -0.39 is 6.10 Å². The SMILES string of the molecule is CC(C)OCCOCC(O)CNCC1CCCCN1C. The van der Waals surface area contributed by atoms with E-state index in [4.69, 9.17) is 9.47 Å². The van der Waals surface area contributed by atoms with Crippen LogP contribution in [0.5, 0.6) is 0 Å². The quantitative estimate of drug-likeness (QED) is 0.584. The summed E-state index contributed by atoms with van der Waals surface area (Å²) >= 11 is 0. The third-order valence-corrected chi connectivity index (χ3v) is 3.67. The maximum atomic E-state index is 9.81. The van der Waals surface area contributed by atoms with Crippen molar-refractivity contribution in [1.82, 2.24) is 10.2 Å². The second-order valence-corrected chi connectivity index (χ2v) is 5.94. The predicted octanol–water partition coefficient (Wildman–Crippen LogP) is 0.863. The summed E-state index contributed by atoms with van der Waals surface area (Å²) in [6.07, 6.45) is 3.67. The van der Waals surface area contributed by atoms with Crippen molar-refractivity contribution in [2.75, 3.05) is 46.5 Å². The molecule has 1 rings (SSSR count). The Morgan fingerprint density at radius 3 is 2.80 bits per heavy atom. The fourth-order valence-corrected chi connectivity index (χ4v) is 2.44. The summed E-state index contributed by atoms with van der Waals surface area (Å²) in [5.74, 6) is 0. The largest absolute Gasteiger partial charge is 0.389 e. The molecule has 0 aliphatic carbocycles. The summed E-state index contributed by atoms with van der Waals surface area (Å²) in [6, 6.07) is 0.608. The Kier molecular flexibility index (Phi) is 9.39. The summed E-state index contributed by atoms with van der Waals surface area (Å²) in [6.45, 7) is 8.23. The molecule has 0 aromatic carbocycles. The minimum atomic E-state index is -0.442. The summed E-state index contributed by atoms with van der Waals surface area (Å²) in [4.78, 5) is 2.41. The van der Waals surface area contributed by atoms with Crippen molar-refractivity contribution < 1.29 is 14.6 Å². The van der Waals surface area contributed by atoms with Gasteiger partial charge in [-0.3, -0.25) is 0 Å². The van der Waals surface area contributed by atoms with E-state index in [1.807, 2.05) is 13.8 Å². The minimum Gasteiger partial charge on any atom is -0.389 e. The highest BCUT2D eigenvalue weighted by molar-refractivity contribution is 4.76. The zero-order chi connectivity index (χ0) is 14.8. The van der Waals surface area contributed by atoms with Crippen LogP contribution in [-0.4, -0.2) is 74.8 Å². The average molecular weight is 288 g/mol. The maximum Gasteiger partial charge on any atom is 0.0897 e. The number of likely N-dealkylation sites (tertiary alicyclic amines) is 1. The smallest absolute Gasteiger partial charge is 0.0897 e. The van der Waals surface area contributed by atoms with Crippen molar-refractivity contribution in [3.05, 3.63) is 0 Å². The number of hydrogen-bond donors (Lipinski definition) is 2. The van der Waals surface area contributed by atoms with E-state index in [1.54, 1.807) is 0 Å². The third-order valence-electron chi connectivity index (χ3n) is 3.67. The monoisotopic (exact) mass is 288 g/mol.